The first-order valence-corrected chi connectivity index (χ1v) is 14.6. The van der Waals surface area contributed by atoms with Gasteiger partial charge in [-0.15, -0.1) is 0 Å². The molecule has 1 fully saturated rings. The molecular formula is C34H35N7O3. The van der Waals surface area contributed by atoms with Crippen LogP contribution in [0.2, 0.25) is 0 Å². The minimum atomic E-state index is -0.228. The number of hydrogen-bond acceptors (Lipinski definition) is 7. The molecular weight excluding hydrogens is 554 g/mol. The summed E-state index contributed by atoms with van der Waals surface area (Å²) in [6.45, 7) is 10.5. The molecule has 3 aromatic heterocycles. The van der Waals surface area contributed by atoms with Gasteiger partial charge in [-0.25, -0.2) is 9.97 Å². The molecule has 6 rings (SSSR count). The molecule has 4 heterocycles. The summed E-state index contributed by atoms with van der Waals surface area (Å²) in [5.41, 5.74) is 6.54. The molecule has 2 aromatic carbocycles. The van der Waals surface area contributed by atoms with Gasteiger partial charge in [-0.1, -0.05) is 32.9 Å². The van der Waals surface area contributed by atoms with E-state index in [4.69, 9.17) is 9.72 Å². The Morgan fingerprint density at radius 3 is 2.39 bits per heavy atom. The van der Waals surface area contributed by atoms with Gasteiger partial charge >= 0.3 is 0 Å². The summed E-state index contributed by atoms with van der Waals surface area (Å²) < 4.78 is 7.27. The first-order valence-electron chi connectivity index (χ1n) is 14.6. The average molecular weight is 590 g/mol. The van der Waals surface area contributed by atoms with Crippen LogP contribution in [0.5, 0.6) is 0 Å². The van der Waals surface area contributed by atoms with Crippen molar-refractivity contribution in [2.45, 2.75) is 33.1 Å². The number of nitrogens with one attached hydrogen (secondary N) is 2. The van der Waals surface area contributed by atoms with E-state index in [9.17, 15) is 9.59 Å². The summed E-state index contributed by atoms with van der Waals surface area (Å²) >= 11 is 0. The molecule has 1 aliphatic heterocycles. The molecule has 0 aliphatic carbocycles. The monoisotopic (exact) mass is 589 g/mol. The fourth-order valence-electron chi connectivity index (χ4n) is 5.14. The molecule has 0 unspecified atom stereocenters. The van der Waals surface area contributed by atoms with Crippen molar-refractivity contribution in [2.75, 3.05) is 36.9 Å². The van der Waals surface area contributed by atoms with Crippen LogP contribution in [-0.2, 0) is 10.2 Å². The van der Waals surface area contributed by atoms with E-state index in [2.05, 4.69) is 41.4 Å². The van der Waals surface area contributed by atoms with Crippen molar-refractivity contribution in [3.63, 3.8) is 0 Å². The van der Waals surface area contributed by atoms with Crippen LogP contribution in [-0.4, -0.2) is 62.4 Å². The molecule has 0 bridgehead atoms. The van der Waals surface area contributed by atoms with Crippen LogP contribution in [0.4, 0.5) is 17.2 Å². The van der Waals surface area contributed by atoms with Gasteiger partial charge in [0.25, 0.3) is 11.8 Å². The maximum absolute atomic E-state index is 13.1. The number of pyridine rings is 1. The Morgan fingerprint density at radius 2 is 1.68 bits per heavy atom. The zero-order valence-electron chi connectivity index (χ0n) is 25.3. The highest BCUT2D eigenvalue weighted by molar-refractivity contribution is 6.05. The zero-order chi connectivity index (χ0) is 30.8. The van der Waals surface area contributed by atoms with Gasteiger partial charge in [0.2, 0.25) is 0 Å². The molecule has 0 atom stereocenters. The van der Waals surface area contributed by atoms with Crippen molar-refractivity contribution in [1.82, 2.24) is 24.3 Å². The number of amides is 2. The third-order valence-electron chi connectivity index (χ3n) is 7.72. The predicted molar refractivity (Wildman–Crippen MR) is 170 cm³/mol. The van der Waals surface area contributed by atoms with E-state index < -0.39 is 0 Å². The lowest BCUT2D eigenvalue weighted by Gasteiger charge is -2.26. The first kappa shape index (κ1) is 29.0. The summed E-state index contributed by atoms with van der Waals surface area (Å²) in [5.74, 6) is 0.337. The fourth-order valence-corrected chi connectivity index (χ4v) is 5.14. The Kier molecular flexibility index (Phi) is 7.84. The largest absolute Gasteiger partial charge is 0.378 e. The Labute approximate surface area is 256 Å². The molecule has 224 valence electrons. The number of aromatic nitrogens is 4. The summed E-state index contributed by atoms with van der Waals surface area (Å²) in [6, 6.07) is 16.8. The van der Waals surface area contributed by atoms with Crippen molar-refractivity contribution in [3.05, 3.63) is 102 Å². The van der Waals surface area contributed by atoms with Crippen molar-refractivity contribution in [3.8, 4) is 11.3 Å². The molecule has 0 spiro atoms. The zero-order valence-corrected chi connectivity index (χ0v) is 25.3. The van der Waals surface area contributed by atoms with Crippen LogP contribution < -0.4 is 10.6 Å². The SMILES string of the molecule is Cc1c(NC(=O)c2ccc(C(C)(C)C)nc2)cccc1-c1cn2ccnc2c(Nc2ccc(C(=O)N3CCOCC3)cc2)n1. The van der Waals surface area contributed by atoms with Gasteiger partial charge < -0.3 is 24.7 Å². The molecule has 10 nitrogen and oxygen atoms in total. The second-order valence-electron chi connectivity index (χ2n) is 11.9. The molecule has 2 N–H and O–H groups in total. The summed E-state index contributed by atoms with van der Waals surface area (Å²) in [4.78, 5) is 41.7. The minimum Gasteiger partial charge on any atom is -0.378 e. The Hall–Kier alpha value is -5.09. The third kappa shape index (κ3) is 6.02. The van der Waals surface area contributed by atoms with E-state index in [1.54, 1.807) is 18.5 Å². The maximum Gasteiger partial charge on any atom is 0.257 e. The number of benzene rings is 2. The Morgan fingerprint density at radius 1 is 0.932 bits per heavy atom. The van der Waals surface area contributed by atoms with Crippen molar-refractivity contribution < 1.29 is 14.3 Å². The smallest absolute Gasteiger partial charge is 0.257 e. The van der Waals surface area contributed by atoms with Crippen molar-refractivity contribution >= 4 is 34.7 Å². The molecule has 2 amide bonds. The van der Waals surface area contributed by atoms with Crippen LogP contribution in [0.1, 0.15) is 52.7 Å². The molecule has 0 saturated carbocycles. The number of carbonyl (C=O) groups excluding carboxylic acids is 2. The van der Waals surface area contributed by atoms with Gasteiger partial charge in [0.1, 0.15) is 0 Å². The molecule has 5 aromatic rings. The highest BCUT2D eigenvalue weighted by Crippen LogP contribution is 2.31. The van der Waals surface area contributed by atoms with Crippen molar-refractivity contribution in [1.29, 1.82) is 0 Å². The Bertz CT molecular complexity index is 1820. The number of rotatable bonds is 6. The summed E-state index contributed by atoms with van der Waals surface area (Å²) in [5, 5.41) is 6.42. The van der Waals surface area contributed by atoms with Crippen LogP contribution in [0, 0.1) is 6.92 Å². The molecule has 0 radical (unpaired) electrons. The van der Waals surface area contributed by atoms with Gasteiger partial charge in [-0.3, -0.25) is 14.6 Å². The van der Waals surface area contributed by atoms with E-state index >= 15 is 0 Å². The summed E-state index contributed by atoms with van der Waals surface area (Å²) in [7, 11) is 0. The fraction of sp³-hybridized carbons (Fsp3) is 0.265. The number of imidazole rings is 1. The molecule has 1 aliphatic rings. The topological polar surface area (TPSA) is 114 Å². The number of morpholine rings is 1. The van der Waals surface area contributed by atoms with Crippen LogP contribution >= 0.6 is 0 Å². The standard InChI is InChI=1S/C34H35N7O3/c1-22-26(6-5-7-27(22)39-32(42)24-10-13-29(36-20-24)34(2,3)4)28-21-41-15-14-35-31(41)30(38-28)37-25-11-8-23(9-12-25)33(43)40-16-18-44-19-17-40/h5-15,20-21H,16-19H2,1-4H3,(H,37,38)(H,39,42). The number of fused-ring (bicyclic) bond motifs is 1. The number of hydrogen-bond donors (Lipinski definition) is 2. The predicted octanol–water partition coefficient (Wildman–Crippen LogP) is 5.87. The minimum absolute atomic E-state index is 0.00347. The molecule has 44 heavy (non-hydrogen) atoms. The molecule has 1 saturated heterocycles. The van der Waals surface area contributed by atoms with Gasteiger partial charge in [0, 0.05) is 71.5 Å². The van der Waals surface area contributed by atoms with Gasteiger partial charge in [-0.2, -0.15) is 0 Å². The first-order chi connectivity index (χ1) is 21.2. The van der Waals surface area contributed by atoms with Crippen LogP contribution in [0.25, 0.3) is 16.9 Å². The maximum atomic E-state index is 13.1. The van der Waals surface area contributed by atoms with Crippen LogP contribution in [0.3, 0.4) is 0 Å². The average Bonchev–Trinajstić information content (AvgIpc) is 3.51. The second kappa shape index (κ2) is 11.9. The highest BCUT2D eigenvalue weighted by atomic mass is 16.5. The summed E-state index contributed by atoms with van der Waals surface area (Å²) in [6.07, 6.45) is 7.12. The molecule has 10 heteroatoms. The van der Waals surface area contributed by atoms with Gasteiger partial charge in [0.05, 0.1) is 24.5 Å². The van der Waals surface area contributed by atoms with Crippen LogP contribution in [0.15, 0.2) is 79.4 Å². The van der Waals surface area contributed by atoms with E-state index in [0.717, 1.165) is 22.5 Å². The van der Waals surface area contributed by atoms with E-state index in [0.29, 0.717) is 60.3 Å². The quantitative estimate of drug-likeness (QED) is 0.255. The Balaban J connectivity index is 1.24. The lowest BCUT2D eigenvalue weighted by molar-refractivity contribution is 0.0303. The van der Waals surface area contributed by atoms with Crippen molar-refractivity contribution in [2.24, 2.45) is 0 Å². The van der Waals surface area contributed by atoms with Gasteiger partial charge in [-0.05, 0) is 55.0 Å². The third-order valence-corrected chi connectivity index (χ3v) is 7.72. The number of nitrogens with zero attached hydrogens (tertiary/aromatic N) is 5. The highest BCUT2D eigenvalue weighted by Gasteiger charge is 2.20. The normalized spacial score (nSPS) is 13.6. The number of carbonyl (C=O) groups is 2. The lowest BCUT2D eigenvalue weighted by Crippen LogP contribution is -2.40. The lowest BCUT2D eigenvalue weighted by atomic mass is 9.91. The second-order valence-corrected chi connectivity index (χ2v) is 11.9. The van der Waals surface area contributed by atoms with E-state index in [-0.39, 0.29) is 17.2 Å². The van der Waals surface area contributed by atoms with E-state index in [1.165, 1.54) is 0 Å². The van der Waals surface area contributed by atoms with Gasteiger partial charge in [0.15, 0.2) is 11.5 Å². The number of ether oxygens (including phenoxy) is 1. The number of anilines is 3. The van der Waals surface area contributed by atoms with E-state index in [1.807, 2.05) is 77.1 Å².